The number of fused-ring (bicyclic) bond motifs is 3. The van der Waals surface area contributed by atoms with Gasteiger partial charge >= 0.3 is 0 Å². The number of rotatable bonds is 7. The SMILES string of the molecule is c1ccc(-c2ccc(N(c3ccccc3)c3cccc4oc5cc(-c6nc(-c7ccccc7)nc(-c7ccccc7)n6)ccc5c34)cc2)cc1. The van der Waals surface area contributed by atoms with Gasteiger partial charge in [-0.3, -0.25) is 0 Å². The summed E-state index contributed by atoms with van der Waals surface area (Å²) in [6.07, 6.45) is 0. The Morgan fingerprint density at radius 1 is 0.360 bits per heavy atom. The van der Waals surface area contributed by atoms with Gasteiger partial charge in [0.2, 0.25) is 0 Å². The molecule has 0 saturated carbocycles. The van der Waals surface area contributed by atoms with Crippen LogP contribution in [0.5, 0.6) is 0 Å². The van der Waals surface area contributed by atoms with Crippen molar-refractivity contribution in [2.24, 2.45) is 0 Å². The number of hydrogen-bond donors (Lipinski definition) is 0. The predicted octanol–water partition coefficient (Wildman–Crippen LogP) is 11.9. The quantitative estimate of drug-likeness (QED) is 0.173. The largest absolute Gasteiger partial charge is 0.456 e. The highest BCUT2D eigenvalue weighted by atomic mass is 16.3. The van der Waals surface area contributed by atoms with Gasteiger partial charge in [-0.15, -0.1) is 0 Å². The summed E-state index contributed by atoms with van der Waals surface area (Å²) < 4.78 is 6.59. The van der Waals surface area contributed by atoms with Crippen LogP contribution in [-0.4, -0.2) is 15.0 Å². The maximum absolute atomic E-state index is 6.59. The molecule has 0 bridgehead atoms. The lowest BCUT2D eigenvalue weighted by molar-refractivity contribution is 0.669. The smallest absolute Gasteiger partial charge is 0.164 e. The predicted molar refractivity (Wildman–Crippen MR) is 204 cm³/mol. The van der Waals surface area contributed by atoms with Crippen LogP contribution in [0.25, 0.3) is 67.2 Å². The lowest BCUT2D eigenvalue weighted by Gasteiger charge is -2.26. The van der Waals surface area contributed by atoms with Gasteiger partial charge in [-0.05, 0) is 59.7 Å². The maximum Gasteiger partial charge on any atom is 0.164 e. The molecule has 5 nitrogen and oxygen atoms in total. The van der Waals surface area contributed by atoms with Crippen LogP contribution in [0.3, 0.4) is 0 Å². The Bertz CT molecular complexity index is 2510. The molecule has 0 radical (unpaired) electrons. The van der Waals surface area contributed by atoms with Crippen molar-refractivity contribution >= 4 is 39.0 Å². The van der Waals surface area contributed by atoms with Crippen molar-refractivity contribution in [3.05, 3.63) is 182 Å². The highest BCUT2D eigenvalue weighted by molar-refractivity contribution is 6.13. The maximum atomic E-state index is 6.59. The van der Waals surface area contributed by atoms with Crippen molar-refractivity contribution in [1.29, 1.82) is 0 Å². The fourth-order valence-electron chi connectivity index (χ4n) is 6.51. The van der Waals surface area contributed by atoms with E-state index in [0.717, 1.165) is 55.7 Å². The van der Waals surface area contributed by atoms with E-state index in [1.54, 1.807) is 0 Å². The van der Waals surface area contributed by atoms with Crippen LogP contribution in [0.2, 0.25) is 0 Å². The van der Waals surface area contributed by atoms with Gasteiger partial charge in [0.15, 0.2) is 17.5 Å². The first-order chi connectivity index (χ1) is 24.8. The van der Waals surface area contributed by atoms with Crippen molar-refractivity contribution in [2.75, 3.05) is 4.90 Å². The standard InChI is InChI=1S/C45H30N4O/c1-5-14-31(15-6-1)32-24-27-37(28-25-32)49(36-20-11-4-12-21-36)39-22-13-23-40-42(39)38-29-26-35(30-41(38)50-40)45-47-43(33-16-7-2-8-17-33)46-44(48-45)34-18-9-3-10-19-34/h1-30H. The van der Waals surface area contributed by atoms with Gasteiger partial charge in [-0.1, -0.05) is 133 Å². The second-order valence-electron chi connectivity index (χ2n) is 12.1. The van der Waals surface area contributed by atoms with E-state index in [4.69, 9.17) is 19.4 Å². The zero-order valence-corrected chi connectivity index (χ0v) is 27.0. The van der Waals surface area contributed by atoms with Crippen LogP contribution in [0.1, 0.15) is 0 Å². The molecule has 7 aromatic carbocycles. The highest BCUT2D eigenvalue weighted by Crippen LogP contribution is 2.43. The van der Waals surface area contributed by atoms with Crippen molar-refractivity contribution in [3.63, 3.8) is 0 Å². The van der Waals surface area contributed by atoms with Crippen molar-refractivity contribution < 1.29 is 4.42 Å². The van der Waals surface area contributed by atoms with Gasteiger partial charge < -0.3 is 9.32 Å². The summed E-state index contributed by atoms with van der Waals surface area (Å²) in [6.45, 7) is 0. The van der Waals surface area contributed by atoms with E-state index in [-0.39, 0.29) is 0 Å². The average Bonchev–Trinajstić information content (AvgIpc) is 3.58. The molecule has 50 heavy (non-hydrogen) atoms. The topological polar surface area (TPSA) is 55.1 Å². The highest BCUT2D eigenvalue weighted by Gasteiger charge is 2.20. The Kier molecular flexibility index (Phi) is 7.41. The minimum Gasteiger partial charge on any atom is -0.456 e. The van der Waals surface area contributed by atoms with Gasteiger partial charge in [0.25, 0.3) is 0 Å². The number of aromatic nitrogens is 3. The summed E-state index contributed by atoms with van der Waals surface area (Å²) in [5, 5.41) is 2.05. The second kappa shape index (κ2) is 12.6. The third-order valence-electron chi connectivity index (χ3n) is 8.92. The van der Waals surface area contributed by atoms with Crippen LogP contribution in [0.15, 0.2) is 186 Å². The third-order valence-corrected chi connectivity index (χ3v) is 8.92. The van der Waals surface area contributed by atoms with Gasteiger partial charge in [-0.25, -0.2) is 15.0 Å². The summed E-state index contributed by atoms with van der Waals surface area (Å²) in [5.41, 5.74) is 9.80. The Morgan fingerprint density at radius 2 is 0.840 bits per heavy atom. The molecule has 2 heterocycles. The molecule has 0 aliphatic heterocycles. The molecule has 0 spiro atoms. The van der Waals surface area contributed by atoms with E-state index in [1.807, 2.05) is 84.9 Å². The molecule has 5 heteroatoms. The molecule has 0 atom stereocenters. The van der Waals surface area contributed by atoms with E-state index < -0.39 is 0 Å². The molecule has 0 aliphatic carbocycles. The minimum atomic E-state index is 0.588. The summed E-state index contributed by atoms with van der Waals surface area (Å²) in [7, 11) is 0. The van der Waals surface area contributed by atoms with Gasteiger partial charge in [-0.2, -0.15) is 0 Å². The molecule has 9 aromatic rings. The van der Waals surface area contributed by atoms with E-state index in [1.165, 1.54) is 11.1 Å². The Hall–Kier alpha value is -6.85. The monoisotopic (exact) mass is 642 g/mol. The van der Waals surface area contributed by atoms with Crippen LogP contribution >= 0.6 is 0 Å². The first kappa shape index (κ1) is 29.3. The van der Waals surface area contributed by atoms with Gasteiger partial charge in [0.05, 0.1) is 11.1 Å². The zero-order valence-electron chi connectivity index (χ0n) is 27.0. The average molecular weight is 643 g/mol. The first-order valence-corrected chi connectivity index (χ1v) is 16.6. The number of hydrogen-bond acceptors (Lipinski definition) is 5. The number of anilines is 3. The molecule has 0 N–H and O–H groups in total. The van der Waals surface area contributed by atoms with E-state index >= 15 is 0 Å². The Labute approximate surface area is 289 Å². The third kappa shape index (κ3) is 5.47. The van der Waals surface area contributed by atoms with Crippen LogP contribution in [0, 0.1) is 0 Å². The molecule has 2 aromatic heterocycles. The fraction of sp³-hybridized carbons (Fsp3) is 0. The summed E-state index contributed by atoms with van der Waals surface area (Å²) in [6, 6.07) is 62.2. The molecule has 0 aliphatic rings. The molecule has 0 fully saturated rings. The van der Waals surface area contributed by atoms with Crippen molar-refractivity contribution in [1.82, 2.24) is 15.0 Å². The molecular weight excluding hydrogens is 613 g/mol. The van der Waals surface area contributed by atoms with Crippen molar-refractivity contribution in [3.8, 4) is 45.3 Å². The van der Waals surface area contributed by atoms with E-state index in [0.29, 0.717) is 17.5 Å². The lowest BCUT2D eigenvalue weighted by atomic mass is 10.0. The lowest BCUT2D eigenvalue weighted by Crippen LogP contribution is -2.10. The summed E-state index contributed by atoms with van der Waals surface area (Å²) >= 11 is 0. The number of nitrogens with zero attached hydrogens (tertiary/aromatic N) is 4. The first-order valence-electron chi connectivity index (χ1n) is 16.6. The zero-order chi connectivity index (χ0) is 33.3. The van der Waals surface area contributed by atoms with Crippen LogP contribution in [-0.2, 0) is 0 Å². The van der Waals surface area contributed by atoms with Gasteiger partial charge in [0, 0.05) is 33.5 Å². The molecular formula is C45H30N4O. The summed E-state index contributed by atoms with van der Waals surface area (Å²) in [4.78, 5) is 17.0. The number of para-hydroxylation sites is 1. The number of benzene rings is 7. The fourth-order valence-corrected chi connectivity index (χ4v) is 6.51. The van der Waals surface area contributed by atoms with Crippen LogP contribution in [0.4, 0.5) is 17.1 Å². The van der Waals surface area contributed by atoms with Gasteiger partial charge in [0.1, 0.15) is 11.2 Å². The van der Waals surface area contributed by atoms with Crippen LogP contribution < -0.4 is 4.90 Å². The molecule has 9 rings (SSSR count). The molecule has 0 saturated heterocycles. The Balaban J connectivity index is 1.18. The molecule has 0 amide bonds. The Morgan fingerprint density at radius 3 is 1.44 bits per heavy atom. The van der Waals surface area contributed by atoms with Crippen molar-refractivity contribution in [2.45, 2.75) is 0 Å². The minimum absolute atomic E-state index is 0.588. The van der Waals surface area contributed by atoms with E-state index in [9.17, 15) is 0 Å². The number of furan rings is 1. The second-order valence-corrected chi connectivity index (χ2v) is 12.1. The molecule has 236 valence electrons. The van der Waals surface area contributed by atoms with E-state index in [2.05, 4.69) is 102 Å². The summed E-state index contributed by atoms with van der Waals surface area (Å²) in [5.74, 6) is 1.83. The molecule has 0 unspecified atom stereocenters. The normalized spacial score (nSPS) is 11.2.